The van der Waals surface area contributed by atoms with E-state index in [1.54, 1.807) is 0 Å². The zero-order valence-corrected chi connectivity index (χ0v) is 16.5. The minimum Gasteiger partial charge on any atom is -1.00 e. The fourth-order valence-electron chi connectivity index (χ4n) is 0. The molecular weight excluding hydrogens is 222 g/mol. The predicted molar refractivity (Wildman–Crippen MR) is 7.61 cm³/mol. The molecule has 0 atom stereocenters. The summed E-state index contributed by atoms with van der Waals surface area (Å²) in [5.41, 5.74) is 0. The summed E-state index contributed by atoms with van der Waals surface area (Å²) in [6.45, 7) is 0. The van der Waals surface area contributed by atoms with Crippen LogP contribution in [0.3, 0.4) is 0 Å². The smallest absolute Gasteiger partial charge is 1.00 e. The molecule has 0 unspecified atom stereocenters. The SMILES string of the molecule is O=P([O-])([O-])[O-].[F-].[K+].[Na+].[Na+].[Na+]. The van der Waals surface area contributed by atoms with Gasteiger partial charge in [0.2, 0.25) is 0 Å². The topological polar surface area (TPSA) is 86.2 Å². The molecule has 0 aromatic rings. The third-order valence-electron chi connectivity index (χ3n) is 0. The van der Waals surface area contributed by atoms with Gasteiger partial charge in [-0.15, -0.1) is 0 Å². The molecule has 0 aliphatic heterocycles. The zero-order valence-electron chi connectivity index (χ0n) is 6.46. The first kappa shape index (κ1) is 36.5. The van der Waals surface area contributed by atoms with E-state index in [9.17, 15) is 0 Å². The molecule has 0 saturated carbocycles. The van der Waals surface area contributed by atoms with Gasteiger partial charge in [-0.2, -0.15) is 7.82 Å². The van der Waals surface area contributed by atoms with Crippen molar-refractivity contribution in [3.8, 4) is 0 Å². The summed E-state index contributed by atoms with van der Waals surface area (Å²) in [5.74, 6) is 0. The van der Waals surface area contributed by atoms with Crippen molar-refractivity contribution in [2.24, 2.45) is 0 Å². The molecule has 0 bridgehead atoms. The summed E-state index contributed by atoms with van der Waals surface area (Å²) < 4.78 is 8.55. The number of hydrogen-bond donors (Lipinski definition) is 0. The van der Waals surface area contributed by atoms with Gasteiger partial charge >= 0.3 is 140 Å². The van der Waals surface area contributed by atoms with E-state index in [4.69, 9.17) is 19.2 Å². The third kappa shape index (κ3) is 79.0. The Morgan fingerprint density at radius 3 is 0.900 bits per heavy atom. The third-order valence-corrected chi connectivity index (χ3v) is 0. The molecule has 0 heterocycles. The Balaban J connectivity index is -0.00000000800. The zero-order chi connectivity index (χ0) is 4.50. The second kappa shape index (κ2) is 19.3. The molecule has 0 aliphatic carbocycles. The van der Waals surface area contributed by atoms with Gasteiger partial charge in [0.25, 0.3) is 0 Å². The normalized spacial score (nSPS) is 5.90. The van der Waals surface area contributed by atoms with E-state index in [1.165, 1.54) is 0 Å². The van der Waals surface area contributed by atoms with Crippen molar-refractivity contribution in [2.45, 2.75) is 0 Å². The predicted octanol–water partition coefficient (Wildman–Crippen LogP) is -17.8. The molecule has 0 aromatic heterocycles. The number of phosphoric acid groups is 1. The van der Waals surface area contributed by atoms with Gasteiger partial charge < -0.3 is 23.9 Å². The fraction of sp³-hybridized carbons (Fsp3) is 0. The van der Waals surface area contributed by atoms with E-state index in [0.29, 0.717) is 0 Å². The van der Waals surface area contributed by atoms with Crippen LogP contribution in [0.5, 0.6) is 0 Å². The van der Waals surface area contributed by atoms with Crippen LogP contribution in [0.1, 0.15) is 0 Å². The van der Waals surface area contributed by atoms with Crippen LogP contribution >= 0.6 is 7.82 Å². The molecule has 0 spiro atoms. The first-order chi connectivity index (χ1) is 2.00. The van der Waals surface area contributed by atoms with E-state index >= 15 is 0 Å². The van der Waals surface area contributed by atoms with Gasteiger partial charge in [-0.3, -0.25) is 0 Å². The molecule has 10 heteroatoms. The van der Waals surface area contributed by atoms with Crippen molar-refractivity contribution in [3.05, 3.63) is 0 Å². The minimum atomic E-state index is -5.39. The number of rotatable bonds is 0. The van der Waals surface area contributed by atoms with E-state index < -0.39 is 7.82 Å². The molecule has 0 N–H and O–H groups in total. The van der Waals surface area contributed by atoms with Crippen molar-refractivity contribution in [3.63, 3.8) is 0 Å². The average Bonchev–Trinajstić information content (AvgIpc) is 0.722. The van der Waals surface area contributed by atoms with Gasteiger partial charge in [-0.1, -0.05) is 0 Å². The Morgan fingerprint density at radius 1 is 0.900 bits per heavy atom. The van der Waals surface area contributed by atoms with Crippen LogP contribution in [0, 0.1) is 0 Å². The van der Waals surface area contributed by atoms with Gasteiger partial charge in [0.15, 0.2) is 0 Å². The number of hydrogen-bond acceptors (Lipinski definition) is 4. The first-order valence-corrected chi connectivity index (χ1v) is 2.19. The summed E-state index contributed by atoms with van der Waals surface area (Å²) in [4.78, 5) is 25.6. The van der Waals surface area contributed by atoms with Crippen molar-refractivity contribution in [1.29, 1.82) is 0 Å². The van der Waals surface area contributed by atoms with Crippen LogP contribution in [0.2, 0.25) is 0 Å². The summed E-state index contributed by atoms with van der Waals surface area (Å²) in [7, 11) is -5.39. The largest absolute Gasteiger partial charge is 1.00 e. The van der Waals surface area contributed by atoms with Crippen LogP contribution in [-0.4, -0.2) is 0 Å². The maximum absolute atomic E-state index is 8.55. The van der Waals surface area contributed by atoms with Crippen LogP contribution in [0.4, 0.5) is 0 Å². The van der Waals surface area contributed by atoms with E-state index in [0.717, 1.165) is 0 Å². The Kier molecular flexibility index (Phi) is 70.3. The quantitative estimate of drug-likeness (QED) is 0.301. The molecule has 0 saturated heterocycles. The van der Waals surface area contributed by atoms with E-state index in [1.807, 2.05) is 0 Å². The van der Waals surface area contributed by atoms with Gasteiger partial charge in [-0.05, 0) is 0 Å². The van der Waals surface area contributed by atoms with Gasteiger partial charge in [0.05, 0.1) is 0 Å². The van der Waals surface area contributed by atoms with Crippen LogP contribution < -0.4 is 159 Å². The first-order valence-electron chi connectivity index (χ1n) is 0.730. The molecule has 0 amide bonds. The molecule has 40 valence electrons. The van der Waals surface area contributed by atoms with E-state index in [-0.39, 0.29) is 145 Å². The molecule has 0 aliphatic rings. The minimum absolute atomic E-state index is 0. The summed E-state index contributed by atoms with van der Waals surface area (Å²) in [5, 5.41) is 0. The fourth-order valence-corrected chi connectivity index (χ4v) is 0. The standard InChI is InChI=1S/FH.K.3Na.H3O4P/c;;;;;1-5(2,3)4/h1H;;;;;(H3,1,2,3,4)/q;4*+1;/p-4. The summed E-state index contributed by atoms with van der Waals surface area (Å²) in [6, 6.07) is 0. The second-order valence-electron chi connectivity index (χ2n) is 0.447. The van der Waals surface area contributed by atoms with Crippen LogP contribution in [-0.2, 0) is 4.57 Å². The van der Waals surface area contributed by atoms with Gasteiger partial charge in [0.1, 0.15) is 0 Å². The van der Waals surface area contributed by atoms with Gasteiger partial charge in [-0.25, -0.2) is 0 Å². The van der Waals surface area contributed by atoms with Crippen molar-refractivity contribution in [2.75, 3.05) is 0 Å². The van der Waals surface area contributed by atoms with Crippen molar-refractivity contribution in [1.82, 2.24) is 0 Å². The number of halogens is 1. The van der Waals surface area contributed by atoms with Crippen LogP contribution in [0.15, 0.2) is 0 Å². The Hall–Kier alpha value is 4.68. The van der Waals surface area contributed by atoms with E-state index in [2.05, 4.69) is 0 Å². The molecule has 10 heavy (non-hydrogen) atoms. The summed E-state index contributed by atoms with van der Waals surface area (Å²) in [6.07, 6.45) is 0. The molecule has 0 rings (SSSR count). The molecule has 0 radical (unpaired) electrons. The second-order valence-corrected chi connectivity index (χ2v) is 1.34. The maximum Gasteiger partial charge on any atom is 1.00 e. The Morgan fingerprint density at radius 2 is 0.900 bits per heavy atom. The van der Waals surface area contributed by atoms with Crippen molar-refractivity contribution < 1.29 is 164 Å². The Bertz CT molecular complexity index is 66.6. The van der Waals surface area contributed by atoms with Crippen molar-refractivity contribution >= 4 is 7.82 Å². The molecular formula is FKNa3O4P. The van der Waals surface area contributed by atoms with Crippen LogP contribution in [0.25, 0.3) is 0 Å². The van der Waals surface area contributed by atoms with Gasteiger partial charge in [0, 0.05) is 0 Å². The molecule has 0 fully saturated rings. The summed E-state index contributed by atoms with van der Waals surface area (Å²) >= 11 is 0. The molecule has 0 aromatic carbocycles. The average molecular weight is 222 g/mol. The molecule has 4 nitrogen and oxygen atoms in total. The maximum atomic E-state index is 8.55. The monoisotopic (exact) mass is 222 g/mol. The Labute approximate surface area is 167 Å².